The van der Waals surface area contributed by atoms with E-state index in [2.05, 4.69) is 0 Å². The summed E-state index contributed by atoms with van der Waals surface area (Å²) in [7, 11) is 0. The molecule has 6 aromatic rings. The lowest BCUT2D eigenvalue weighted by Crippen LogP contribution is -2.32. The van der Waals surface area contributed by atoms with Crippen LogP contribution < -0.4 is 34.4 Å². The fourth-order valence-electron chi connectivity index (χ4n) is 5.84. The predicted octanol–water partition coefficient (Wildman–Crippen LogP) is 2.08. The Morgan fingerprint density at radius 1 is 0.231 bits per heavy atom. The van der Waals surface area contributed by atoms with Crippen molar-refractivity contribution in [2.24, 2.45) is 34.4 Å². The molecule has 0 aromatic heterocycles. The predicted molar refractivity (Wildman–Crippen MR) is 285 cm³/mol. The SMILES string of the molecule is NC(Cc1ccc(O)cc1)C(=O)O.NC(Cc1ccc(O)cc1)C(=O)O.NC(Cc1ccc(O)cc1)C(=O)O.NC(Cc1ccc(O)cc1)C(=O)O.NC(Cc1ccc(O)cc1)C(=O)O.NC(Cc1ccc(O)cc1)C(=O)O. The standard InChI is InChI=1S/6C9H11NO3/c6*10-8(9(12)13)5-6-1-3-7(11)4-2-6/h6*1-4,8,11H,5,10H2,(H,12,13). The van der Waals surface area contributed by atoms with Crippen molar-refractivity contribution in [1.82, 2.24) is 0 Å². The zero-order valence-electron chi connectivity index (χ0n) is 41.8. The van der Waals surface area contributed by atoms with Crippen LogP contribution in [0.5, 0.6) is 34.5 Å². The molecule has 0 aliphatic carbocycles. The Balaban J connectivity index is 0.000000468. The molecule has 0 spiro atoms. The number of phenols is 6. The molecule has 6 atom stereocenters. The van der Waals surface area contributed by atoms with Crippen molar-refractivity contribution in [2.45, 2.75) is 74.8 Å². The van der Waals surface area contributed by atoms with E-state index in [-0.39, 0.29) is 73.0 Å². The van der Waals surface area contributed by atoms with Crippen LogP contribution in [0, 0.1) is 0 Å². The van der Waals surface area contributed by atoms with Gasteiger partial charge >= 0.3 is 35.8 Å². The molecule has 0 aliphatic heterocycles. The minimum atomic E-state index is -1.02. The van der Waals surface area contributed by atoms with Gasteiger partial charge in [0.25, 0.3) is 0 Å². The van der Waals surface area contributed by atoms with Gasteiger partial charge in [-0.1, -0.05) is 72.8 Å². The summed E-state index contributed by atoms with van der Waals surface area (Å²) in [5.74, 6) is -5.16. The summed E-state index contributed by atoms with van der Waals surface area (Å²) in [5.41, 5.74) is 36.7. The highest BCUT2D eigenvalue weighted by Gasteiger charge is 2.15. The van der Waals surface area contributed by atoms with Crippen LogP contribution >= 0.6 is 0 Å². The monoisotopic (exact) mass is 1090 g/mol. The van der Waals surface area contributed by atoms with Gasteiger partial charge in [0.15, 0.2) is 0 Å². The van der Waals surface area contributed by atoms with Gasteiger partial charge in [-0.25, -0.2) is 0 Å². The number of carboxylic acids is 6. The van der Waals surface area contributed by atoms with Crippen molar-refractivity contribution in [2.75, 3.05) is 0 Å². The maximum absolute atomic E-state index is 10.4. The van der Waals surface area contributed by atoms with Crippen LogP contribution in [0.25, 0.3) is 0 Å². The lowest BCUT2D eigenvalue weighted by atomic mass is 10.1. The van der Waals surface area contributed by atoms with Crippen LogP contribution in [0.3, 0.4) is 0 Å². The van der Waals surface area contributed by atoms with E-state index in [0.29, 0.717) is 0 Å². The van der Waals surface area contributed by atoms with E-state index in [4.69, 9.17) is 95.7 Å². The van der Waals surface area contributed by atoms with Gasteiger partial charge < -0.3 is 95.7 Å². The molecule has 24 nitrogen and oxygen atoms in total. The molecule has 0 saturated carbocycles. The van der Waals surface area contributed by atoms with Gasteiger partial charge in [0, 0.05) is 0 Å². The number of carboxylic acid groups (broad SMARTS) is 6. The highest BCUT2D eigenvalue weighted by atomic mass is 16.4. The maximum Gasteiger partial charge on any atom is 0.320 e. The third-order valence-electron chi connectivity index (χ3n) is 10.3. The first-order valence-electron chi connectivity index (χ1n) is 23.1. The molecular formula is C54H66N6O18. The molecule has 0 bridgehead atoms. The summed E-state index contributed by atoms with van der Waals surface area (Å²) in [4.78, 5) is 62.4. The van der Waals surface area contributed by atoms with Crippen LogP contribution in [0.15, 0.2) is 146 Å². The van der Waals surface area contributed by atoms with E-state index >= 15 is 0 Å². The lowest BCUT2D eigenvalue weighted by molar-refractivity contribution is -0.139. The number of hydrogen-bond donors (Lipinski definition) is 18. The minimum Gasteiger partial charge on any atom is -0.508 e. The Morgan fingerprint density at radius 3 is 0.397 bits per heavy atom. The average molecular weight is 1090 g/mol. The molecule has 0 aliphatic rings. The van der Waals surface area contributed by atoms with E-state index in [0.717, 1.165) is 33.4 Å². The molecule has 24 N–H and O–H groups in total. The highest BCUT2D eigenvalue weighted by Crippen LogP contribution is 2.15. The van der Waals surface area contributed by atoms with Crippen molar-refractivity contribution >= 4 is 35.8 Å². The Bertz CT molecular complexity index is 2260. The molecule has 0 fully saturated rings. The normalized spacial score (nSPS) is 12.4. The smallest absolute Gasteiger partial charge is 0.320 e. The summed E-state index contributed by atoms with van der Waals surface area (Å²) in [6.45, 7) is 0. The van der Waals surface area contributed by atoms with Crippen LogP contribution in [-0.2, 0) is 67.3 Å². The summed E-state index contributed by atoms with van der Waals surface area (Å²) in [5, 5.41) is 105. The van der Waals surface area contributed by atoms with E-state index in [9.17, 15) is 28.8 Å². The van der Waals surface area contributed by atoms with Crippen LogP contribution in [0.2, 0.25) is 0 Å². The molecule has 6 aromatic carbocycles. The van der Waals surface area contributed by atoms with Gasteiger partial charge in [-0.05, 0) is 145 Å². The van der Waals surface area contributed by atoms with Gasteiger partial charge in [-0.2, -0.15) is 0 Å². The van der Waals surface area contributed by atoms with Gasteiger partial charge in [0.2, 0.25) is 0 Å². The molecule has 420 valence electrons. The number of benzene rings is 6. The lowest BCUT2D eigenvalue weighted by Gasteiger charge is -2.05. The number of aromatic hydroxyl groups is 6. The topological polar surface area (TPSA) is 501 Å². The number of carbonyl (C=O) groups is 6. The second kappa shape index (κ2) is 35.0. The quantitative estimate of drug-likeness (QED) is 0.0586. The number of phenolic OH excluding ortho intramolecular Hbond substituents is 6. The zero-order chi connectivity index (χ0) is 59.1. The average Bonchev–Trinajstić information content (AvgIpc) is 3.38. The summed E-state index contributed by atoms with van der Waals surface area (Å²) >= 11 is 0. The van der Waals surface area contributed by atoms with E-state index in [1.165, 1.54) is 72.8 Å². The highest BCUT2D eigenvalue weighted by molar-refractivity contribution is 5.75. The third kappa shape index (κ3) is 29.6. The second-order valence-electron chi connectivity index (χ2n) is 16.9. The van der Waals surface area contributed by atoms with Crippen LogP contribution in [0.4, 0.5) is 0 Å². The third-order valence-corrected chi connectivity index (χ3v) is 10.3. The molecule has 0 amide bonds. The molecule has 0 radical (unpaired) electrons. The molecule has 6 unspecified atom stereocenters. The first-order valence-corrected chi connectivity index (χ1v) is 23.1. The first kappa shape index (κ1) is 66.7. The zero-order valence-corrected chi connectivity index (χ0v) is 41.8. The fourth-order valence-corrected chi connectivity index (χ4v) is 5.84. The Kier molecular flexibility index (Phi) is 30.0. The molecule has 6 rings (SSSR count). The van der Waals surface area contributed by atoms with Gasteiger partial charge in [0.1, 0.15) is 70.7 Å². The van der Waals surface area contributed by atoms with Crippen molar-refractivity contribution < 1.29 is 90.0 Å². The van der Waals surface area contributed by atoms with Crippen molar-refractivity contribution in [1.29, 1.82) is 0 Å². The van der Waals surface area contributed by atoms with Crippen LogP contribution in [0.1, 0.15) is 33.4 Å². The summed E-state index contributed by atoms with van der Waals surface area (Å²) in [6, 6.07) is 32.5. The van der Waals surface area contributed by atoms with Crippen molar-refractivity contribution in [3.8, 4) is 34.5 Å². The molecule has 24 heteroatoms. The second-order valence-corrected chi connectivity index (χ2v) is 16.9. The first-order chi connectivity index (χ1) is 36.6. The Morgan fingerprint density at radius 2 is 0.321 bits per heavy atom. The molecule has 78 heavy (non-hydrogen) atoms. The number of rotatable bonds is 18. The van der Waals surface area contributed by atoms with Gasteiger partial charge in [-0.15, -0.1) is 0 Å². The Hall–Kier alpha value is -9.30. The number of aliphatic carboxylic acids is 6. The van der Waals surface area contributed by atoms with E-state index < -0.39 is 72.1 Å². The fraction of sp³-hybridized carbons (Fsp3) is 0.222. The molecular weight excluding hydrogens is 1020 g/mol. The van der Waals surface area contributed by atoms with Gasteiger partial charge in [0.05, 0.1) is 0 Å². The largest absolute Gasteiger partial charge is 0.508 e. The van der Waals surface area contributed by atoms with Crippen LogP contribution in [-0.4, -0.2) is 133 Å². The van der Waals surface area contributed by atoms with E-state index in [1.54, 1.807) is 72.8 Å². The van der Waals surface area contributed by atoms with E-state index in [1.807, 2.05) is 0 Å². The summed E-state index contributed by atoms with van der Waals surface area (Å²) < 4.78 is 0. The molecule has 0 saturated heterocycles. The molecule has 0 heterocycles. The van der Waals surface area contributed by atoms with Crippen molar-refractivity contribution in [3.63, 3.8) is 0 Å². The van der Waals surface area contributed by atoms with Gasteiger partial charge in [-0.3, -0.25) is 28.8 Å². The van der Waals surface area contributed by atoms with Crippen molar-refractivity contribution in [3.05, 3.63) is 179 Å². The number of nitrogens with two attached hydrogens (primary N) is 6. The summed E-state index contributed by atoms with van der Waals surface area (Å²) in [6.07, 6.45) is 1.64. The minimum absolute atomic E-state index is 0.160. The maximum atomic E-state index is 10.4. The number of hydrogen-bond acceptors (Lipinski definition) is 18. The Labute approximate surface area is 447 Å².